The highest BCUT2D eigenvalue weighted by Crippen LogP contribution is 2.22. The summed E-state index contributed by atoms with van der Waals surface area (Å²) in [5.41, 5.74) is 11.1. The smallest absolute Gasteiger partial charge is 0.269 e. The Balaban J connectivity index is 2.27. The number of nitrogen functional groups attached to an aromatic ring is 1. The molecule has 1 amide bonds. The molecular formula is C10H15N5O. The molecule has 0 spiro atoms. The number of carbonyl (C=O) groups excluding carboxylic acids is 1. The molecule has 0 aromatic carbocycles. The van der Waals surface area contributed by atoms with Crippen molar-refractivity contribution in [3.63, 3.8) is 0 Å². The second-order valence-corrected chi connectivity index (χ2v) is 3.92. The second-order valence-electron chi connectivity index (χ2n) is 3.92. The predicted octanol–water partition coefficient (Wildman–Crippen LogP) is -0.375. The maximum Gasteiger partial charge on any atom is 0.269 e. The first-order valence-electron chi connectivity index (χ1n) is 5.31. The van der Waals surface area contributed by atoms with E-state index in [1.807, 2.05) is 0 Å². The molecule has 5 N–H and O–H groups in total. The van der Waals surface area contributed by atoms with E-state index in [1.54, 1.807) is 0 Å². The molecule has 1 fully saturated rings. The SMILES string of the molecule is NC(=O)c1nc(C2CCNCC2)ncc1N. The van der Waals surface area contributed by atoms with Crippen LogP contribution in [-0.4, -0.2) is 29.0 Å². The summed E-state index contributed by atoms with van der Waals surface area (Å²) in [5.74, 6) is 0.361. The zero-order valence-corrected chi connectivity index (χ0v) is 8.94. The van der Waals surface area contributed by atoms with Crippen LogP contribution in [0.4, 0.5) is 5.69 Å². The van der Waals surface area contributed by atoms with Crippen LogP contribution < -0.4 is 16.8 Å². The van der Waals surface area contributed by atoms with Crippen molar-refractivity contribution in [1.29, 1.82) is 0 Å². The van der Waals surface area contributed by atoms with Gasteiger partial charge in [-0.2, -0.15) is 0 Å². The van der Waals surface area contributed by atoms with Gasteiger partial charge in [0.25, 0.3) is 5.91 Å². The molecule has 0 unspecified atom stereocenters. The van der Waals surface area contributed by atoms with Crippen molar-refractivity contribution in [3.05, 3.63) is 17.7 Å². The summed E-state index contributed by atoms with van der Waals surface area (Å²) >= 11 is 0. The van der Waals surface area contributed by atoms with E-state index in [9.17, 15) is 4.79 Å². The fourth-order valence-corrected chi connectivity index (χ4v) is 1.88. The van der Waals surface area contributed by atoms with Crippen LogP contribution >= 0.6 is 0 Å². The molecule has 1 aromatic rings. The second kappa shape index (κ2) is 4.44. The van der Waals surface area contributed by atoms with Crippen LogP contribution in [0.5, 0.6) is 0 Å². The lowest BCUT2D eigenvalue weighted by Crippen LogP contribution is -2.28. The summed E-state index contributed by atoms with van der Waals surface area (Å²) in [6.07, 6.45) is 3.41. The van der Waals surface area contributed by atoms with Crippen LogP contribution in [0.2, 0.25) is 0 Å². The number of carbonyl (C=O) groups is 1. The Hall–Kier alpha value is -1.69. The number of rotatable bonds is 2. The number of hydrogen-bond acceptors (Lipinski definition) is 5. The van der Waals surface area contributed by atoms with Gasteiger partial charge >= 0.3 is 0 Å². The number of amides is 1. The van der Waals surface area contributed by atoms with Gasteiger partial charge in [0.15, 0.2) is 5.69 Å². The van der Waals surface area contributed by atoms with E-state index in [1.165, 1.54) is 6.20 Å². The molecule has 1 aromatic heterocycles. The van der Waals surface area contributed by atoms with Gasteiger partial charge in [-0.15, -0.1) is 0 Å². The third-order valence-electron chi connectivity index (χ3n) is 2.77. The van der Waals surface area contributed by atoms with E-state index in [0.717, 1.165) is 25.9 Å². The van der Waals surface area contributed by atoms with Crippen molar-refractivity contribution >= 4 is 11.6 Å². The van der Waals surface area contributed by atoms with Crippen LogP contribution in [0, 0.1) is 0 Å². The Morgan fingerprint density at radius 2 is 2.12 bits per heavy atom. The summed E-state index contributed by atoms with van der Waals surface area (Å²) in [6, 6.07) is 0. The fraction of sp³-hybridized carbons (Fsp3) is 0.500. The van der Waals surface area contributed by atoms with Crippen LogP contribution in [0.1, 0.15) is 35.1 Å². The van der Waals surface area contributed by atoms with Crippen molar-refractivity contribution in [2.45, 2.75) is 18.8 Å². The summed E-state index contributed by atoms with van der Waals surface area (Å²) in [4.78, 5) is 19.4. The Morgan fingerprint density at radius 1 is 1.44 bits per heavy atom. The van der Waals surface area contributed by atoms with Crippen LogP contribution in [0.25, 0.3) is 0 Å². The van der Waals surface area contributed by atoms with E-state index in [2.05, 4.69) is 15.3 Å². The van der Waals surface area contributed by atoms with Crippen molar-refractivity contribution in [2.75, 3.05) is 18.8 Å². The quantitative estimate of drug-likeness (QED) is 0.631. The first kappa shape index (κ1) is 10.8. The average molecular weight is 221 g/mol. The van der Waals surface area contributed by atoms with Gasteiger partial charge in [-0.3, -0.25) is 4.79 Å². The molecular weight excluding hydrogens is 206 g/mol. The van der Waals surface area contributed by atoms with E-state index in [0.29, 0.717) is 11.7 Å². The van der Waals surface area contributed by atoms with Crippen LogP contribution in [0.15, 0.2) is 6.20 Å². The minimum Gasteiger partial charge on any atom is -0.396 e. The van der Waals surface area contributed by atoms with E-state index in [-0.39, 0.29) is 11.4 Å². The number of nitrogens with zero attached hydrogens (tertiary/aromatic N) is 2. The molecule has 2 rings (SSSR count). The molecule has 0 radical (unpaired) electrons. The zero-order valence-electron chi connectivity index (χ0n) is 8.94. The van der Waals surface area contributed by atoms with Gasteiger partial charge in [0, 0.05) is 5.92 Å². The van der Waals surface area contributed by atoms with Gasteiger partial charge in [0.05, 0.1) is 11.9 Å². The summed E-state index contributed by atoms with van der Waals surface area (Å²) in [6.45, 7) is 1.90. The number of nitrogens with one attached hydrogen (secondary N) is 1. The lowest BCUT2D eigenvalue weighted by atomic mass is 9.97. The number of nitrogens with two attached hydrogens (primary N) is 2. The summed E-state index contributed by atoms with van der Waals surface area (Å²) in [7, 11) is 0. The zero-order chi connectivity index (χ0) is 11.5. The molecule has 0 saturated carbocycles. The predicted molar refractivity (Wildman–Crippen MR) is 59.8 cm³/mol. The Bertz CT molecular complexity index is 400. The molecule has 6 nitrogen and oxygen atoms in total. The first-order valence-corrected chi connectivity index (χ1v) is 5.31. The van der Waals surface area contributed by atoms with Gasteiger partial charge in [-0.05, 0) is 25.9 Å². The maximum atomic E-state index is 11.1. The highest BCUT2D eigenvalue weighted by Gasteiger charge is 2.19. The van der Waals surface area contributed by atoms with E-state index < -0.39 is 5.91 Å². The van der Waals surface area contributed by atoms with Crippen LogP contribution in [0.3, 0.4) is 0 Å². The number of anilines is 1. The number of hydrogen-bond donors (Lipinski definition) is 3. The van der Waals surface area contributed by atoms with E-state index >= 15 is 0 Å². The molecule has 0 aliphatic carbocycles. The lowest BCUT2D eigenvalue weighted by Gasteiger charge is -2.21. The molecule has 16 heavy (non-hydrogen) atoms. The lowest BCUT2D eigenvalue weighted by molar-refractivity contribution is 0.0996. The number of aromatic nitrogens is 2. The van der Waals surface area contributed by atoms with Crippen molar-refractivity contribution in [2.24, 2.45) is 5.73 Å². The van der Waals surface area contributed by atoms with Gasteiger partial charge in [-0.25, -0.2) is 9.97 Å². The monoisotopic (exact) mass is 221 g/mol. The first-order chi connectivity index (χ1) is 7.68. The van der Waals surface area contributed by atoms with Crippen LogP contribution in [-0.2, 0) is 0 Å². The third-order valence-corrected chi connectivity index (χ3v) is 2.77. The molecule has 2 heterocycles. The van der Waals surface area contributed by atoms with Crippen molar-refractivity contribution in [1.82, 2.24) is 15.3 Å². The van der Waals surface area contributed by atoms with Gasteiger partial charge in [0.1, 0.15) is 5.82 Å². The molecule has 1 aliphatic heterocycles. The minimum atomic E-state index is -0.602. The third kappa shape index (κ3) is 2.11. The molecule has 1 saturated heterocycles. The average Bonchev–Trinajstić information content (AvgIpc) is 2.30. The van der Waals surface area contributed by atoms with Gasteiger partial charge < -0.3 is 16.8 Å². The maximum absolute atomic E-state index is 11.1. The number of primary amides is 1. The number of piperidine rings is 1. The molecule has 0 bridgehead atoms. The Morgan fingerprint density at radius 3 is 2.75 bits per heavy atom. The Kier molecular flexibility index (Phi) is 3.00. The molecule has 0 atom stereocenters. The topological polar surface area (TPSA) is 107 Å². The minimum absolute atomic E-state index is 0.128. The highest BCUT2D eigenvalue weighted by molar-refractivity contribution is 5.95. The summed E-state index contributed by atoms with van der Waals surface area (Å²) < 4.78 is 0. The summed E-state index contributed by atoms with van der Waals surface area (Å²) in [5, 5.41) is 3.26. The van der Waals surface area contributed by atoms with Gasteiger partial charge in [0.2, 0.25) is 0 Å². The normalized spacial score (nSPS) is 17.2. The molecule has 86 valence electrons. The molecule has 6 heteroatoms. The highest BCUT2D eigenvalue weighted by atomic mass is 16.1. The largest absolute Gasteiger partial charge is 0.396 e. The van der Waals surface area contributed by atoms with Gasteiger partial charge in [-0.1, -0.05) is 0 Å². The van der Waals surface area contributed by atoms with Crippen molar-refractivity contribution in [3.8, 4) is 0 Å². The van der Waals surface area contributed by atoms with E-state index in [4.69, 9.17) is 11.5 Å². The standard InChI is InChI=1S/C10H15N5O/c11-7-5-14-10(15-8(7)9(12)16)6-1-3-13-4-2-6/h5-6,13H,1-4,11H2,(H2,12,16). The van der Waals surface area contributed by atoms with Crippen molar-refractivity contribution < 1.29 is 4.79 Å². The fourth-order valence-electron chi connectivity index (χ4n) is 1.88. The Labute approximate surface area is 93.4 Å². The molecule has 1 aliphatic rings.